The van der Waals surface area contributed by atoms with Gasteiger partial charge >= 0.3 is 0 Å². The summed E-state index contributed by atoms with van der Waals surface area (Å²) in [6.45, 7) is 0.840. The maximum Gasteiger partial charge on any atom is 0.170 e. The highest BCUT2D eigenvalue weighted by atomic mass is 19.1. The van der Waals surface area contributed by atoms with E-state index in [1.165, 1.54) is 0 Å². The fourth-order valence-electron chi connectivity index (χ4n) is 1.50. The van der Waals surface area contributed by atoms with E-state index >= 15 is 0 Å². The minimum atomic E-state index is -0.732. The smallest absolute Gasteiger partial charge is 0.170 e. The van der Waals surface area contributed by atoms with E-state index in [-0.39, 0.29) is 12.0 Å². The fraction of sp³-hybridized carbons (Fsp3) is 0.364. The van der Waals surface area contributed by atoms with Gasteiger partial charge in [0.2, 0.25) is 0 Å². The van der Waals surface area contributed by atoms with E-state index < -0.39 is 23.7 Å². The Kier molecular flexibility index (Phi) is 3.26. The van der Waals surface area contributed by atoms with Crippen LogP contribution in [0.2, 0.25) is 0 Å². The van der Waals surface area contributed by atoms with Crippen molar-refractivity contribution in [3.05, 3.63) is 35.4 Å². The summed E-state index contributed by atoms with van der Waals surface area (Å²) in [6, 6.07) is 2.78. The highest BCUT2D eigenvalue weighted by Crippen LogP contribution is 2.16. The van der Waals surface area contributed by atoms with Gasteiger partial charge in [0, 0.05) is 0 Å². The third-order valence-electron chi connectivity index (χ3n) is 2.27. The third-order valence-corrected chi connectivity index (χ3v) is 2.27. The molecule has 0 saturated carbocycles. The van der Waals surface area contributed by atoms with Gasteiger partial charge in [-0.05, 0) is 18.2 Å². The number of ether oxygens (including phenoxy) is 2. The Morgan fingerprint density at radius 1 is 1.31 bits per heavy atom. The summed E-state index contributed by atoms with van der Waals surface area (Å²) in [5, 5.41) is 0. The van der Waals surface area contributed by atoms with E-state index in [1.807, 2.05) is 0 Å². The molecule has 0 unspecified atom stereocenters. The number of hydrogen-bond donors (Lipinski definition) is 0. The first kappa shape index (κ1) is 11.2. The fourth-order valence-corrected chi connectivity index (χ4v) is 1.50. The Morgan fingerprint density at radius 3 is 2.69 bits per heavy atom. The van der Waals surface area contributed by atoms with Crippen molar-refractivity contribution in [3.8, 4) is 0 Å². The summed E-state index contributed by atoms with van der Waals surface area (Å²) in [7, 11) is 0. The number of carbonyl (C=O) groups excluding carboxylic acids is 1. The lowest BCUT2D eigenvalue weighted by Crippen LogP contribution is -2.15. The van der Waals surface area contributed by atoms with Crippen LogP contribution in [-0.4, -0.2) is 25.3 Å². The molecular formula is C11H10F2O3. The van der Waals surface area contributed by atoms with Crippen LogP contribution in [0.4, 0.5) is 8.78 Å². The molecule has 1 aromatic carbocycles. The molecular weight excluding hydrogens is 218 g/mol. The highest BCUT2D eigenvalue weighted by Gasteiger charge is 2.22. The Balaban J connectivity index is 2.10. The lowest BCUT2D eigenvalue weighted by molar-refractivity contribution is -0.0408. The van der Waals surface area contributed by atoms with Crippen molar-refractivity contribution in [3.63, 3.8) is 0 Å². The molecule has 0 amide bonds. The van der Waals surface area contributed by atoms with E-state index in [9.17, 15) is 13.6 Å². The Bertz CT molecular complexity index is 400. The first-order valence-corrected chi connectivity index (χ1v) is 4.88. The number of carbonyl (C=O) groups is 1. The van der Waals surface area contributed by atoms with Gasteiger partial charge in [0.15, 0.2) is 12.1 Å². The second-order valence-electron chi connectivity index (χ2n) is 3.42. The molecule has 1 aliphatic heterocycles. The number of Topliss-reactive ketones (excluding diaryl/α,β-unsaturated/α-hetero) is 1. The zero-order valence-electron chi connectivity index (χ0n) is 8.41. The molecule has 0 radical (unpaired) electrons. The topological polar surface area (TPSA) is 35.5 Å². The molecule has 0 aliphatic carbocycles. The number of hydrogen-bond acceptors (Lipinski definition) is 3. The van der Waals surface area contributed by atoms with E-state index in [4.69, 9.17) is 9.47 Å². The van der Waals surface area contributed by atoms with Crippen molar-refractivity contribution < 1.29 is 23.0 Å². The van der Waals surface area contributed by atoms with Crippen molar-refractivity contribution in [1.29, 1.82) is 0 Å². The molecule has 0 aromatic heterocycles. The second kappa shape index (κ2) is 4.67. The molecule has 2 rings (SSSR count). The van der Waals surface area contributed by atoms with Crippen LogP contribution in [-0.2, 0) is 9.47 Å². The van der Waals surface area contributed by atoms with Gasteiger partial charge in [0.1, 0.15) is 11.6 Å². The first-order valence-electron chi connectivity index (χ1n) is 4.88. The normalized spacial score (nSPS) is 16.6. The Labute approximate surface area is 91.0 Å². The van der Waals surface area contributed by atoms with Crippen molar-refractivity contribution in [2.24, 2.45) is 0 Å². The van der Waals surface area contributed by atoms with Gasteiger partial charge in [0.25, 0.3) is 0 Å². The lowest BCUT2D eigenvalue weighted by Gasteiger charge is -2.08. The quantitative estimate of drug-likeness (QED) is 0.741. The number of rotatable bonds is 3. The van der Waals surface area contributed by atoms with Gasteiger partial charge in [-0.3, -0.25) is 4.79 Å². The molecule has 1 fully saturated rings. The van der Waals surface area contributed by atoms with Crippen LogP contribution in [0.1, 0.15) is 16.8 Å². The number of halogens is 2. The minimum absolute atomic E-state index is 0.0969. The first-order chi connectivity index (χ1) is 7.66. The van der Waals surface area contributed by atoms with Crippen molar-refractivity contribution in [2.45, 2.75) is 12.7 Å². The number of benzene rings is 1. The monoisotopic (exact) mass is 228 g/mol. The zero-order valence-corrected chi connectivity index (χ0v) is 8.41. The van der Waals surface area contributed by atoms with Gasteiger partial charge in [-0.25, -0.2) is 8.78 Å². The van der Waals surface area contributed by atoms with Crippen LogP contribution in [0.25, 0.3) is 0 Å². The SMILES string of the molecule is O=C(CC1OCCO1)c1cc(F)ccc1F. The van der Waals surface area contributed by atoms with E-state index in [0.717, 1.165) is 18.2 Å². The summed E-state index contributed by atoms with van der Waals surface area (Å²) in [4.78, 5) is 11.6. The number of ketones is 1. The predicted octanol–water partition coefficient (Wildman–Crippen LogP) is 1.91. The Hall–Kier alpha value is -1.33. The molecule has 1 heterocycles. The van der Waals surface area contributed by atoms with E-state index in [2.05, 4.69) is 0 Å². The summed E-state index contributed by atoms with van der Waals surface area (Å²) in [5.74, 6) is -1.90. The molecule has 0 atom stereocenters. The second-order valence-corrected chi connectivity index (χ2v) is 3.42. The zero-order chi connectivity index (χ0) is 11.5. The van der Waals surface area contributed by atoms with Crippen LogP contribution in [0.15, 0.2) is 18.2 Å². The molecule has 3 nitrogen and oxygen atoms in total. The van der Waals surface area contributed by atoms with Gasteiger partial charge < -0.3 is 9.47 Å². The summed E-state index contributed by atoms with van der Waals surface area (Å²) in [5.41, 5.74) is -0.265. The van der Waals surface area contributed by atoms with Crippen LogP contribution >= 0.6 is 0 Å². The maximum absolute atomic E-state index is 13.2. The van der Waals surface area contributed by atoms with Crippen LogP contribution in [0.5, 0.6) is 0 Å². The van der Waals surface area contributed by atoms with E-state index in [0.29, 0.717) is 13.2 Å². The van der Waals surface area contributed by atoms with Crippen molar-refractivity contribution in [1.82, 2.24) is 0 Å². The maximum atomic E-state index is 13.2. The van der Waals surface area contributed by atoms with Crippen LogP contribution in [0.3, 0.4) is 0 Å². The molecule has 0 bridgehead atoms. The molecule has 5 heteroatoms. The van der Waals surface area contributed by atoms with Crippen molar-refractivity contribution in [2.75, 3.05) is 13.2 Å². The molecule has 0 N–H and O–H groups in total. The van der Waals surface area contributed by atoms with Gasteiger partial charge in [-0.1, -0.05) is 0 Å². The minimum Gasteiger partial charge on any atom is -0.350 e. The molecule has 1 aliphatic rings. The summed E-state index contributed by atoms with van der Waals surface area (Å²) in [6.07, 6.45) is -0.740. The average Bonchev–Trinajstić information content (AvgIpc) is 2.74. The van der Waals surface area contributed by atoms with Gasteiger partial charge in [-0.15, -0.1) is 0 Å². The summed E-state index contributed by atoms with van der Waals surface area (Å²) < 4.78 is 36.2. The van der Waals surface area contributed by atoms with Crippen molar-refractivity contribution >= 4 is 5.78 Å². The molecule has 16 heavy (non-hydrogen) atoms. The average molecular weight is 228 g/mol. The van der Waals surface area contributed by atoms with Gasteiger partial charge in [-0.2, -0.15) is 0 Å². The summed E-state index contributed by atoms with van der Waals surface area (Å²) >= 11 is 0. The van der Waals surface area contributed by atoms with Crippen LogP contribution < -0.4 is 0 Å². The molecule has 1 aromatic rings. The Morgan fingerprint density at radius 2 is 2.00 bits per heavy atom. The highest BCUT2D eigenvalue weighted by molar-refractivity contribution is 5.96. The predicted molar refractivity (Wildman–Crippen MR) is 51.0 cm³/mol. The standard InChI is InChI=1S/C11H10F2O3/c12-7-1-2-9(13)8(5-7)10(14)6-11-15-3-4-16-11/h1-2,5,11H,3-4,6H2. The lowest BCUT2D eigenvalue weighted by atomic mass is 10.1. The largest absolute Gasteiger partial charge is 0.350 e. The van der Waals surface area contributed by atoms with E-state index in [1.54, 1.807) is 0 Å². The molecule has 1 saturated heterocycles. The molecule has 0 spiro atoms. The third kappa shape index (κ3) is 2.43. The molecule has 86 valence electrons. The van der Waals surface area contributed by atoms with Crippen LogP contribution in [0, 0.1) is 11.6 Å². The van der Waals surface area contributed by atoms with Gasteiger partial charge in [0.05, 0.1) is 25.2 Å².